The molecular formula is C22H30FN3O4. The molecule has 0 saturated carbocycles. The van der Waals surface area contributed by atoms with Crippen LogP contribution in [0.4, 0.5) is 9.18 Å². The lowest BCUT2D eigenvalue weighted by Crippen LogP contribution is -2.34. The van der Waals surface area contributed by atoms with E-state index in [0.29, 0.717) is 18.5 Å². The zero-order valence-electron chi connectivity index (χ0n) is 18.3. The van der Waals surface area contributed by atoms with Gasteiger partial charge in [0.1, 0.15) is 17.1 Å². The molecule has 7 nitrogen and oxygen atoms in total. The highest BCUT2D eigenvalue weighted by molar-refractivity contribution is 5.89. The monoisotopic (exact) mass is 419 g/mol. The molecule has 1 aromatic carbocycles. The molecule has 0 radical (unpaired) electrons. The Morgan fingerprint density at radius 3 is 2.40 bits per heavy atom. The number of nitrogens with zero attached hydrogens (tertiary/aromatic N) is 2. The van der Waals surface area contributed by atoms with Crippen LogP contribution in [-0.2, 0) is 28.9 Å². The minimum absolute atomic E-state index is 0.234. The molecule has 1 amide bonds. The first kappa shape index (κ1) is 23.4. The summed E-state index contributed by atoms with van der Waals surface area (Å²) in [6.45, 7) is 9.80. The van der Waals surface area contributed by atoms with E-state index in [1.54, 1.807) is 44.5 Å². The molecule has 0 atom stereocenters. The van der Waals surface area contributed by atoms with Crippen LogP contribution in [0.2, 0.25) is 0 Å². The third-order valence-corrected chi connectivity index (χ3v) is 4.22. The molecule has 164 valence electrons. The van der Waals surface area contributed by atoms with E-state index in [-0.39, 0.29) is 25.5 Å². The van der Waals surface area contributed by atoms with Gasteiger partial charge in [0, 0.05) is 18.5 Å². The number of halogens is 1. The zero-order chi connectivity index (χ0) is 22.3. The molecule has 1 N–H and O–H groups in total. The van der Waals surface area contributed by atoms with Crippen molar-refractivity contribution in [3.8, 4) is 0 Å². The molecule has 0 aliphatic rings. The van der Waals surface area contributed by atoms with Crippen molar-refractivity contribution in [2.45, 2.75) is 59.6 Å². The fourth-order valence-electron chi connectivity index (χ4n) is 2.99. The predicted octanol–water partition coefficient (Wildman–Crippen LogP) is 3.88. The summed E-state index contributed by atoms with van der Waals surface area (Å²) in [5.74, 6) is -0.789. The van der Waals surface area contributed by atoms with Crippen molar-refractivity contribution in [3.05, 3.63) is 52.6 Å². The second-order valence-corrected chi connectivity index (χ2v) is 7.80. The number of aromatic nitrogens is 2. The molecule has 0 fully saturated rings. The van der Waals surface area contributed by atoms with Crippen molar-refractivity contribution in [3.63, 3.8) is 0 Å². The maximum Gasteiger partial charge on any atom is 0.407 e. The van der Waals surface area contributed by atoms with E-state index < -0.39 is 17.7 Å². The van der Waals surface area contributed by atoms with Gasteiger partial charge >= 0.3 is 12.1 Å². The summed E-state index contributed by atoms with van der Waals surface area (Å²) in [6, 6.07) is 6.15. The quantitative estimate of drug-likeness (QED) is 0.657. The topological polar surface area (TPSA) is 82.5 Å². The second-order valence-electron chi connectivity index (χ2n) is 7.80. The van der Waals surface area contributed by atoms with Crippen molar-refractivity contribution >= 4 is 12.1 Å². The lowest BCUT2D eigenvalue weighted by atomic mass is 10.0. The number of carbonyl (C=O) groups is 2. The molecule has 0 saturated heterocycles. The standard InChI is InChI=1S/C22H30FN3O4/c1-6-18-17(14-15-8-10-16(23)11-9-15)19(20(27)29-7-2)26(25-18)13-12-24-21(28)30-22(3,4)5/h8-11H,6-7,12-14H2,1-5H3,(H,24,28). The average molecular weight is 419 g/mol. The van der Waals surface area contributed by atoms with Crippen LogP contribution in [0, 0.1) is 5.82 Å². The van der Waals surface area contributed by atoms with Gasteiger partial charge < -0.3 is 14.8 Å². The molecule has 0 bridgehead atoms. The Bertz CT molecular complexity index is 870. The van der Waals surface area contributed by atoms with Crippen molar-refractivity contribution in [1.82, 2.24) is 15.1 Å². The van der Waals surface area contributed by atoms with Gasteiger partial charge in [0.05, 0.1) is 18.8 Å². The summed E-state index contributed by atoms with van der Waals surface area (Å²) < 4.78 is 25.3. The Morgan fingerprint density at radius 2 is 1.83 bits per heavy atom. The minimum atomic E-state index is -0.594. The largest absolute Gasteiger partial charge is 0.461 e. The molecular weight excluding hydrogens is 389 g/mol. The smallest absolute Gasteiger partial charge is 0.407 e. The highest BCUT2D eigenvalue weighted by Gasteiger charge is 2.24. The second kappa shape index (κ2) is 10.2. The molecule has 30 heavy (non-hydrogen) atoms. The Hall–Kier alpha value is -2.90. The highest BCUT2D eigenvalue weighted by Crippen LogP contribution is 2.21. The number of hydrogen-bond donors (Lipinski definition) is 1. The van der Waals surface area contributed by atoms with Gasteiger partial charge in [-0.2, -0.15) is 5.10 Å². The summed E-state index contributed by atoms with van der Waals surface area (Å²) >= 11 is 0. The third kappa shape index (κ3) is 6.57. The van der Waals surface area contributed by atoms with Crippen molar-refractivity contribution < 1.29 is 23.5 Å². The molecule has 1 aromatic heterocycles. The molecule has 0 aliphatic heterocycles. The maximum atomic E-state index is 13.3. The van der Waals surface area contributed by atoms with E-state index in [9.17, 15) is 14.0 Å². The molecule has 0 spiro atoms. The first-order chi connectivity index (χ1) is 14.1. The number of benzene rings is 1. The number of nitrogens with one attached hydrogen (secondary N) is 1. The minimum Gasteiger partial charge on any atom is -0.461 e. The number of rotatable bonds is 8. The van der Waals surface area contributed by atoms with Crippen molar-refractivity contribution in [1.29, 1.82) is 0 Å². The fraction of sp³-hybridized carbons (Fsp3) is 0.500. The zero-order valence-corrected chi connectivity index (χ0v) is 18.3. The van der Waals surface area contributed by atoms with E-state index >= 15 is 0 Å². The van der Waals surface area contributed by atoms with Crippen LogP contribution in [-0.4, -0.2) is 40.6 Å². The third-order valence-electron chi connectivity index (χ3n) is 4.22. The van der Waals surface area contributed by atoms with Crippen molar-refractivity contribution in [2.75, 3.05) is 13.2 Å². The van der Waals surface area contributed by atoms with E-state index in [1.807, 2.05) is 6.92 Å². The maximum absolute atomic E-state index is 13.3. The lowest BCUT2D eigenvalue weighted by Gasteiger charge is -2.19. The summed E-state index contributed by atoms with van der Waals surface area (Å²) in [5.41, 5.74) is 2.13. The molecule has 0 aliphatic carbocycles. The van der Waals surface area contributed by atoms with E-state index in [2.05, 4.69) is 10.4 Å². The number of amides is 1. The van der Waals surface area contributed by atoms with Gasteiger partial charge in [-0.15, -0.1) is 0 Å². The lowest BCUT2D eigenvalue weighted by molar-refractivity contribution is 0.0510. The van der Waals surface area contributed by atoms with Crippen LogP contribution < -0.4 is 5.32 Å². The van der Waals surface area contributed by atoms with E-state index in [0.717, 1.165) is 16.8 Å². The normalized spacial score (nSPS) is 11.3. The van der Waals surface area contributed by atoms with Crippen LogP contribution >= 0.6 is 0 Å². The highest BCUT2D eigenvalue weighted by atomic mass is 19.1. The van der Waals surface area contributed by atoms with Crippen LogP contribution in [0.15, 0.2) is 24.3 Å². The predicted molar refractivity (Wildman–Crippen MR) is 111 cm³/mol. The Morgan fingerprint density at radius 1 is 1.17 bits per heavy atom. The average Bonchev–Trinajstić information content (AvgIpc) is 2.99. The van der Waals surface area contributed by atoms with Gasteiger partial charge in [0.15, 0.2) is 0 Å². The number of alkyl carbamates (subject to hydrolysis) is 1. The van der Waals surface area contributed by atoms with Gasteiger partial charge in [-0.05, 0) is 51.8 Å². The Labute approximate surface area is 176 Å². The summed E-state index contributed by atoms with van der Waals surface area (Å²) in [5, 5.41) is 7.24. The summed E-state index contributed by atoms with van der Waals surface area (Å²) in [4.78, 5) is 24.6. The van der Waals surface area contributed by atoms with Crippen LogP contribution in [0.3, 0.4) is 0 Å². The van der Waals surface area contributed by atoms with Gasteiger partial charge in [0.25, 0.3) is 0 Å². The molecule has 2 rings (SSSR count). The number of carbonyl (C=O) groups excluding carboxylic acids is 2. The molecule has 8 heteroatoms. The summed E-state index contributed by atoms with van der Waals surface area (Å²) in [6.07, 6.45) is 0.515. The fourth-order valence-corrected chi connectivity index (χ4v) is 2.99. The van der Waals surface area contributed by atoms with Crippen LogP contribution in [0.1, 0.15) is 61.9 Å². The molecule has 2 aromatic rings. The Balaban J connectivity index is 2.26. The summed E-state index contributed by atoms with van der Waals surface area (Å²) in [7, 11) is 0. The van der Waals surface area contributed by atoms with Gasteiger partial charge in [-0.1, -0.05) is 19.1 Å². The number of esters is 1. The van der Waals surface area contributed by atoms with Crippen LogP contribution in [0.25, 0.3) is 0 Å². The number of hydrogen-bond acceptors (Lipinski definition) is 5. The van der Waals surface area contributed by atoms with Gasteiger partial charge in [-0.3, -0.25) is 4.68 Å². The van der Waals surface area contributed by atoms with Crippen LogP contribution in [0.5, 0.6) is 0 Å². The molecule has 1 heterocycles. The number of ether oxygens (including phenoxy) is 2. The SMILES string of the molecule is CCOC(=O)c1c(Cc2ccc(F)cc2)c(CC)nn1CCNC(=O)OC(C)(C)C. The molecule has 0 unspecified atom stereocenters. The Kier molecular flexibility index (Phi) is 7.97. The first-order valence-electron chi connectivity index (χ1n) is 10.1. The van der Waals surface area contributed by atoms with Crippen molar-refractivity contribution in [2.24, 2.45) is 0 Å². The number of aryl methyl sites for hydroxylation is 1. The first-order valence-corrected chi connectivity index (χ1v) is 10.1. The van der Waals surface area contributed by atoms with E-state index in [1.165, 1.54) is 12.1 Å². The van der Waals surface area contributed by atoms with E-state index in [4.69, 9.17) is 9.47 Å². The van der Waals surface area contributed by atoms with Gasteiger partial charge in [-0.25, -0.2) is 14.0 Å². The van der Waals surface area contributed by atoms with Gasteiger partial charge in [0.2, 0.25) is 0 Å².